The molecular weight excluding hydrogens is 414 g/mol. The highest BCUT2D eigenvalue weighted by Crippen LogP contribution is 2.09. The fourth-order valence-corrected chi connectivity index (χ4v) is 2.81. The van der Waals surface area contributed by atoms with Gasteiger partial charge in [-0.25, -0.2) is 4.79 Å². The third-order valence-corrected chi connectivity index (χ3v) is 4.64. The molecule has 1 unspecified atom stereocenters. The minimum Gasteiger partial charge on any atom is -0.461 e. The summed E-state index contributed by atoms with van der Waals surface area (Å²) < 4.78 is 10.5. The van der Waals surface area contributed by atoms with E-state index in [1.54, 1.807) is 12.1 Å². The summed E-state index contributed by atoms with van der Waals surface area (Å²) in [5.41, 5.74) is 1.63. The lowest BCUT2D eigenvalue weighted by molar-refractivity contribution is -0.150. The monoisotopic (exact) mass is 443 g/mol. The number of carbonyl (C=O) groups is 3. The zero-order valence-corrected chi connectivity index (χ0v) is 17.8. The van der Waals surface area contributed by atoms with Crippen molar-refractivity contribution in [2.75, 3.05) is 6.61 Å². The van der Waals surface area contributed by atoms with E-state index in [0.29, 0.717) is 0 Å². The predicted octanol–water partition coefficient (Wildman–Crippen LogP) is 1.87. The fraction of sp³-hybridized carbons (Fsp3) is 0.375. The molecule has 0 saturated heterocycles. The minimum atomic E-state index is -1.04. The number of esters is 2. The molecule has 32 heavy (non-hydrogen) atoms. The second kappa shape index (κ2) is 14.0. The molecule has 0 aliphatic rings. The van der Waals surface area contributed by atoms with E-state index in [1.807, 2.05) is 48.5 Å². The van der Waals surface area contributed by atoms with Gasteiger partial charge in [0.05, 0.1) is 12.7 Å². The molecule has 0 aliphatic heterocycles. The SMILES string of the molecule is O=C(CCC(O)CO)N[C@@H](CCC(=O)OCc1ccccc1)C(=O)OCc1ccccc1. The van der Waals surface area contributed by atoms with E-state index in [0.717, 1.165) is 11.1 Å². The number of ether oxygens (including phenoxy) is 2. The van der Waals surface area contributed by atoms with Crippen LogP contribution in [-0.2, 0) is 37.1 Å². The van der Waals surface area contributed by atoms with Gasteiger partial charge in [0.2, 0.25) is 5.91 Å². The largest absolute Gasteiger partial charge is 0.461 e. The van der Waals surface area contributed by atoms with E-state index in [9.17, 15) is 19.5 Å². The molecule has 2 aromatic rings. The van der Waals surface area contributed by atoms with Crippen molar-refractivity contribution >= 4 is 17.8 Å². The number of rotatable bonds is 13. The van der Waals surface area contributed by atoms with E-state index < -0.39 is 36.6 Å². The van der Waals surface area contributed by atoms with Gasteiger partial charge in [-0.15, -0.1) is 0 Å². The van der Waals surface area contributed by atoms with Crippen molar-refractivity contribution in [2.45, 2.75) is 51.0 Å². The quantitative estimate of drug-likeness (QED) is 0.404. The van der Waals surface area contributed by atoms with E-state index in [1.165, 1.54) is 0 Å². The Morgan fingerprint density at radius 1 is 0.812 bits per heavy atom. The van der Waals surface area contributed by atoms with Crippen LogP contribution in [0.1, 0.15) is 36.8 Å². The fourth-order valence-electron chi connectivity index (χ4n) is 2.81. The highest BCUT2D eigenvalue weighted by atomic mass is 16.5. The number of carbonyl (C=O) groups excluding carboxylic acids is 3. The van der Waals surface area contributed by atoms with Crippen LogP contribution in [0.15, 0.2) is 60.7 Å². The average molecular weight is 443 g/mol. The summed E-state index contributed by atoms with van der Waals surface area (Å²) in [4.78, 5) is 36.9. The van der Waals surface area contributed by atoms with E-state index in [2.05, 4.69) is 5.32 Å². The maximum atomic E-state index is 12.6. The highest BCUT2D eigenvalue weighted by Gasteiger charge is 2.24. The Morgan fingerprint density at radius 2 is 1.38 bits per heavy atom. The van der Waals surface area contributed by atoms with Gasteiger partial charge in [0.15, 0.2) is 0 Å². The number of aliphatic hydroxyl groups excluding tert-OH is 2. The highest BCUT2D eigenvalue weighted by molar-refractivity contribution is 5.85. The standard InChI is InChI=1S/C24H29NO7/c26-15-20(27)11-13-22(28)25-21(24(30)32-17-19-9-5-2-6-10-19)12-14-23(29)31-16-18-7-3-1-4-8-18/h1-10,20-21,26-27H,11-17H2,(H,25,28)/t20?,21-/m0/s1. The van der Waals surface area contributed by atoms with Gasteiger partial charge >= 0.3 is 11.9 Å². The second-order valence-corrected chi connectivity index (χ2v) is 7.27. The number of hydrogen-bond donors (Lipinski definition) is 3. The first-order valence-corrected chi connectivity index (χ1v) is 10.5. The smallest absolute Gasteiger partial charge is 0.328 e. The topological polar surface area (TPSA) is 122 Å². The molecule has 1 amide bonds. The molecule has 0 fully saturated rings. The number of nitrogens with one attached hydrogen (secondary N) is 1. The molecule has 3 N–H and O–H groups in total. The third-order valence-electron chi connectivity index (χ3n) is 4.64. The first-order valence-electron chi connectivity index (χ1n) is 10.5. The maximum Gasteiger partial charge on any atom is 0.328 e. The molecule has 0 spiro atoms. The van der Waals surface area contributed by atoms with Gasteiger partial charge in [0.1, 0.15) is 19.3 Å². The summed E-state index contributed by atoms with van der Waals surface area (Å²) in [7, 11) is 0. The van der Waals surface area contributed by atoms with Crippen LogP contribution < -0.4 is 5.32 Å². The predicted molar refractivity (Wildman–Crippen MR) is 116 cm³/mol. The van der Waals surface area contributed by atoms with Gasteiger partial charge in [-0.3, -0.25) is 9.59 Å². The Bertz CT molecular complexity index is 842. The molecule has 2 atom stereocenters. The van der Waals surface area contributed by atoms with Crippen molar-refractivity contribution in [1.29, 1.82) is 0 Å². The molecule has 0 aliphatic carbocycles. The van der Waals surface area contributed by atoms with E-state index in [4.69, 9.17) is 14.6 Å². The lowest BCUT2D eigenvalue weighted by Crippen LogP contribution is -2.42. The third kappa shape index (κ3) is 9.72. The first-order chi connectivity index (χ1) is 15.5. The lowest BCUT2D eigenvalue weighted by atomic mass is 10.1. The normalized spacial score (nSPS) is 12.4. The van der Waals surface area contributed by atoms with Crippen molar-refractivity contribution in [3.8, 4) is 0 Å². The number of hydrogen-bond acceptors (Lipinski definition) is 7. The summed E-state index contributed by atoms with van der Waals surface area (Å²) in [6.07, 6.45) is -1.12. The van der Waals surface area contributed by atoms with Gasteiger partial charge < -0.3 is 25.0 Å². The zero-order valence-electron chi connectivity index (χ0n) is 17.8. The Kier molecular flexibility index (Phi) is 10.9. The lowest BCUT2D eigenvalue weighted by Gasteiger charge is -2.18. The molecule has 172 valence electrons. The van der Waals surface area contributed by atoms with Crippen LogP contribution in [0.2, 0.25) is 0 Å². The van der Waals surface area contributed by atoms with Crippen LogP contribution in [0.25, 0.3) is 0 Å². The summed E-state index contributed by atoms with van der Waals surface area (Å²) in [6, 6.07) is 17.2. The van der Waals surface area contributed by atoms with Gasteiger partial charge in [0.25, 0.3) is 0 Å². The summed E-state index contributed by atoms with van der Waals surface area (Å²) >= 11 is 0. The van der Waals surface area contributed by atoms with Crippen LogP contribution in [0.5, 0.6) is 0 Å². The number of amides is 1. The number of aliphatic hydroxyl groups is 2. The maximum absolute atomic E-state index is 12.6. The van der Waals surface area contributed by atoms with Crippen molar-refractivity contribution < 1.29 is 34.1 Å². The molecule has 8 heteroatoms. The van der Waals surface area contributed by atoms with Gasteiger partial charge in [-0.1, -0.05) is 60.7 Å². The average Bonchev–Trinajstić information content (AvgIpc) is 2.83. The van der Waals surface area contributed by atoms with Crippen molar-refractivity contribution in [3.63, 3.8) is 0 Å². The Morgan fingerprint density at radius 3 is 1.94 bits per heavy atom. The molecular formula is C24H29NO7. The van der Waals surface area contributed by atoms with Gasteiger partial charge in [-0.2, -0.15) is 0 Å². The summed E-state index contributed by atoms with van der Waals surface area (Å²) in [5, 5.41) is 20.8. The Labute approximate surface area is 187 Å². The van der Waals surface area contributed by atoms with E-state index in [-0.39, 0.29) is 38.9 Å². The van der Waals surface area contributed by atoms with Gasteiger partial charge in [0, 0.05) is 12.8 Å². The van der Waals surface area contributed by atoms with Crippen molar-refractivity contribution in [2.24, 2.45) is 0 Å². The minimum absolute atomic E-state index is 0.00946. The molecule has 0 bridgehead atoms. The van der Waals surface area contributed by atoms with Crippen LogP contribution in [0, 0.1) is 0 Å². The molecule has 0 saturated carbocycles. The zero-order chi connectivity index (χ0) is 23.2. The van der Waals surface area contributed by atoms with Crippen molar-refractivity contribution in [3.05, 3.63) is 71.8 Å². The molecule has 2 rings (SSSR count). The summed E-state index contributed by atoms with van der Waals surface area (Å²) in [6.45, 7) is -0.301. The van der Waals surface area contributed by atoms with Crippen LogP contribution in [0.3, 0.4) is 0 Å². The van der Waals surface area contributed by atoms with Crippen LogP contribution >= 0.6 is 0 Å². The Balaban J connectivity index is 1.88. The Hall–Kier alpha value is -3.23. The molecule has 8 nitrogen and oxygen atoms in total. The molecule has 0 heterocycles. The second-order valence-electron chi connectivity index (χ2n) is 7.27. The first kappa shape index (κ1) is 25.0. The van der Waals surface area contributed by atoms with E-state index >= 15 is 0 Å². The van der Waals surface area contributed by atoms with Crippen LogP contribution in [0.4, 0.5) is 0 Å². The van der Waals surface area contributed by atoms with Crippen molar-refractivity contribution in [1.82, 2.24) is 5.32 Å². The molecule has 2 aromatic carbocycles. The molecule has 0 aromatic heterocycles. The number of benzene rings is 2. The van der Waals surface area contributed by atoms with Gasteiger partial charge in [-0.05, 0) is 24.0 Å². The molecule has 0 radical (unpaired) electrons. The van der Waals surface area contributed by atoms with Crippen LogP contribution in [-0.4, -0.2) is 46.8 Å². The summed E-state index contributed by atoms with van der Waals surface area (Å²) in [5.74, 6) is -1.66.